The summed E-state index contributed by atoms with van der Waals surface area (Å²) in [6.45, 7) is 0. The molecule has 4 aromatic heterocycles. The van der Waals surface area contributed by atoms with E-state index >= 15 is 0 Å². The quantitative estimate of drug-likeness (QED) is 0.318. The zero-order valence-electron chi connectivity index (χ0n) is 16.1. The number of aryl methyl sites for hydroxylation is 2. The fourth-order valence-corrected chi connectivity index (χ4v) is 4.71. The molecule has 4 heterocycles. The third-order valence-electron chi connectivity index (χ3n) is 6.16. The van der Waals surface area contributed by atoms with E-state index in [2.05, 4.69) is 58.5 Å². The maximum Gasteiger partial charge on any atom is 0.0968 e. The van der Waals surface area contributed by atoms with Gasteiger partial charge in [-0.05, 0) is 37.1 Å². The van der Waals surface area contributed by atoms with Gasteiger partial charge in [0.15, 0.2) is 0 Å². The van der Waals surface area contributed by atoms with Crippen molar-refractivity contribution in [1.29, 1.82) is 0 Å². The van der Waals surface area contributed by atoms with E-state index in [1.54, 1.807) is 0 Å². The van der Waals surface area contributed by atoms with Gasteiger partial charge in [-0.1, -0.05) is 36.4 Å². The zero-order chi connectivity index (χ0) is 19.7. The SMILES string of the molecule is c1cnc2c(c1)ccc1cc3c(nc12)CCc1nc2c(ccc4cccnc42)cc1-3. The molecule has 0 radical (unpaired) electrons. The summed E-state index contributed by atoms with van der Waals surface area (Å²) < 4.78 is 0. The molecule has 0 unspecified atom stereocenters. The molecule has 0 N–H and O–H groups in total. The van der Waals surface area contributed by atoms with Crippen LogP contribution in [0.15, 0.2) is 73.1 Å². The highest BCUT2D eigenvalue weighted by Crippen LogP contribution is 2.37. The lowest BCUT2D eigenvalue weighted by molar-refractivity contribution is 0.876. The summed E-state index contributed by atoms with van der Waals surface area (Å²) in [5.74, 6) is 0. The van der Waals surface area contributed by atoms with Crippen LogP contribution in [0.3, 0.4) is 0 Å². The molecule has 7 rings (SSSR count). The highest BCUT2D eigenvalue weighted by atomic mass is 14.8. The van der Waals surface area contributed by atoms with E-state index in [1.807, 2.05) is 24.5 Å². The van der Waals surface area contributed by atoms with Crippen LogP contribution in [0.5, 0.6) is 0 Å². The van der Waals surface area contributed by atoms with E-state index in [0.717, 1.165) is 67.8 Å². The predicted molar refractivity (Wildman–Crippen MR) is 120 cm³/mol. The maximum atomic E-state index is 5.07. The second-order valence-corrected chi connectivity index (χ2v) is 7.89. The van der Waals surface area contributed by atoms with Gasteiger partial charge < -0.3 is 0 Å². The third-order valence-corrected chi connectivity index (χ3v) is 6.16. The van der Waals surface area contributed by atoms with Crippen molar-refractivity contribution in [2.75, 3.05) is 0 Å². The molecule has 30 heavy (non-hydrogen) atoms. The Balaban J connectivity index is 1.52. The van der Waals surface area contributed by atoms with Crippen molar-refractivity contribution in [1.82, 2.24) is 19.9 Å². The summed E-state index contributed by atoms with van der Waals surface area (Å²) in [6, 6.07) is 21.2. The largest absolute Gasteiger partial charge is 0.254 e. The molecule has 4 nitrogen and oxygen atoms in total. The van der Waals surface area contributed by atoms with Gasteiger partial charge in [0, 0.05) is 56.5 Å². The highest BCUT2D eigenvalue weighted by molar-refractivity contribution is 6.06. The lowest BCUT2D eigenvalue weighted by atomic mass is 9.89. The molecule has 0 fully saturated rings. The van der Waals surface area contributed by atoms with Gasteiger partial charge in [0.05, 0.1) is 22.1 Å². The topological polar surface area (TPSA) is 51.6 Å². The number of rotatable bonds is 0. The van der Waals surface area contributed by atoms with Crippen LogP contribution in [-0.2, 0) is 12.8 Å². The molecule has 6 aromatic rings. The average Bonchev–Trinajstić information content (AvgIpc) is 2.81. The van der Waals surface area contributed by atoms with Crippen LogP contribution in [0.25, 0.3) is 54.7 Å². The molecule has 0 aliphatic heterocycles. The van der Waals surface area contributed by atoms with E-state index in [4.69, 9.17) is 9.97 Å². The fourth-order valence-electron chi connectivity index (χ4n) is 4.71. The highest BCUT2D eigenvalue weighted by Gasteiger charge is 2.21. The van der Waals surface area contributed by atoms with E-state index < -0.39 is 0 Å². The van der Waals surface area contributed by atoms with Crippen LogP contribution in [0.4, 0.5) is 0 Å². The van der Waals surface area contributed by atoms with E-state index in [0.29, 0.717) is 0 Å². The molecule has 140 valence electrons. The van der Waals surface area contributed by atoms with Crippen molar-refractivity contribution in [3.8, 4) is 11.1 Å². The first kappa shape index (κ1) is 15.9. The Morgan fingerprint density at radius 1 is 0.500 bits per heavy atom. The van der Waals surface area contributed by atoms with E-state index in [-0.39, 0.29) is 0 Å². The molecule has 0 amide bonds. The van der Waals surface area contributed by atoms with Crippen LogP contribution in [-0.4, -0.2) is 19.9 Å². The Morgan fingerprint density at radius 2 is 0.967 bits per heavy atom. The molecule has 0 spiro atoms. The maximum absolute atomic E-state index is 5.07. The van der Waals surface area contributed by atoms with Crippen LogP contribution < -0.4 is 0 Å². The lowest BCUT2D eigenvalue weighted by Gasteiger charge is -2.20. The Labute approximate surface area is 172 Å². The standard InChI is InChI=1S/C26H16N4/c1-3-15-5-7-17-13-19-20-14-18-8-6-16-4-2-12-28-24(16)26(18)30-22(20)10-9-21(19)29-25(17)23(15)27-11-1/h1-8,11-14H,9-10H2. The summed E-state index contributed by atoms with van der Waals surface area (Å²) in [5.41, 5.74) is 8.56. The number of hydrogen-bond acceptors (Lipinski definition) is 4. The minimum Gasteiger partial charge on any atom is -0.254 e. The Morgan fingerprint density at radius 3 is 1.47 bits per heavy atom. The van der Waals surface area contributed by atoms with Gasteiger partial charge in [0.2, 0.25) is 0 Å². The van der Waals surface area contributed by atoms with Crippen LogP contribution in [0.1, 0.15) is 11.4 Å². The predicted octanol–water partition coefficient (Wildman–Crippen LogP) is 5.65. The fraction of sp³-hybridized carbons (Fsp3) is 0.0769. The number of hydrogen-bond donors (Lipinski definition) is 0. The van der Waals surface area contributed by atoms with Gasteiger partial charge >= 0.3 is 0 Å². The summed E-state index contributed by atoms with van der Waals surface area (Å²) >= 11 is 0. The summed E-state index contributed by atoms with van der Waals surface area (Å²) in [5, 5.41) is 4.49. The number of fused-ring (bicyclic) bond motifs is 9. The molecular formula is C26H16N4. The molecule has 0 saturated heterocycles. The molecule has 0 saturated carbocycles. The van der Waals surface area contributed by atoms with Gasteiger partial charge in [-0.25, -0.2) is 9.97 Å². The second kappa shape index (κ2) is 5.80. The molecule has 4 heteroatoms. The van der Waals surface area contributed by atoms with Gasteiger partial charge in [0.25, 0.3) is 0 Å². The minimum atomic E-state index is 0.887. The van der Waals surface area contributed by atoms with Crippen LogP contribution in [0, 0.1) is 0 Å². The molecule has 1 aliphatic carbocycles. The van der Waals surface area contributed by atoms with Crippen molar-refractivity contribution in [3.63, 3.8) is 0 Å². The van der Waals surface area contributed by atoms with Crippen molar-refractivity contribution in [3.05, 3.63) is 84.4 Å². The van der Waals surface area contributed by atoms with Gasteiger partial charge in [-0.2, -0.15) is 0 Å². The van der Waals surface area contributed by atoms with Gasteiger partial charge in [-0.3, -0.25) is 9.97 Å². The lowest BCUT2D eigenvalue weighted by Crippen LogP contribution is -2.09. The first-order chi connectivity index (χ1) is 14.8. The number of benzene rings is 2. The number of aromatic nitrogens is 4. The first-order valence-electron chi connectivity index (χ1n) is 10.2. The van der Waals surface area contributed by atoms with Gasteiger partial charge in [-0.15, -0.1) is 0 Å². The Bertz CT molecular complexity index is 1530. The smallest absolute Gasteiger partial charge is 0.0968 e. The molecule has 0 bridgehead atoms. The summed E-state index contributed by atoms with van der Waals surface area (Å²) in [7, 11) is 0. The molecule has 2 aromatic carbocycles. The van der Waals surface area contributed by atoms with Crippen LogP contribution >= 0.6 is 0 Å². The van der Waals surface area contributed by atoms with Gasteiger partial charge in [0.1, 0.15) is 0 Å². The summed E-state index contributed by atoms with van der Waals surface area (Å²) in [6.07, 6.45) is 5.45. The zero-order valence-corrected chi connectivity index (χ0v) is 16.1. The average molecular weight is 384 g/mol. The van der Waals surface area contributed by atoms with E-state index in [1.165, 1.54) is 11.1 Å². The minimum absolute atomic E-state index is 0.887. The van der Waals surface area contributed by atoms with Crippen molar-refractivity contribution in [2.45, 2.75) is 12.8 Å². The third kappa shape index (κ3) is 2.16. The number of nitrogens with zero attached hydrogens (tertiary/aromatic N) is 4. The monoisotopic (exact) mass is 384 g/mol. The number of pyridine rings is 4. The Kier molecular flexibility index (Phi) is 3.08. The Hall–Kier alpha value is -3.92. The van der Waals surface area contributed by atoms with Crippen LogP contribution in [0.2, 0.25) is 0 Å². The van der Waals surface area contributed by atoms with Crippen molar-refractivity contribution < 1.29 is 0 Å². The van der Waals surface area contributed by atoms with Crippen molar-refractivity contribution >= 4 is 43.6 Å². The summed E-state index contributed by atoms with van der Waals surface area (Å²) in [4.78, 5) is 19.3. The molecule has 1 aliphatic rings. The molecule has 0 atom stereocenters. The normalized spacial score (nSPS) is 13.1. The second-order valence-electron chi connectivity index (χ2n) is 7.89. The van der Waals surface area contributed by atoms with Crippen molar-refractivity contribution in [2.24, 2.45) is 0 Å². The van der Waals surface area contributed by atoms with E-state index in [9.17, 15) is 0 Å². The first-order valence-corrected chi connectivity index (χ1v) is 10.2. The molecular weight excluding hydrogens is 368 g/mol.